The molecule has 0 saturated heterocycles. The number of rotatable bonds is 5. The highest BCUT2D eigenvalue weighted by Crippen LogP contribution is 2.28. The third-order valence-corrected chi connectivity index (χ3v) is 2.82. The maximum Gasteiger partial charge on any atom is 0.260 e. The van der Waals surface area contributed by atoms with Crippen molar-refractivity contribution in [2.75, 3.05) is 6.54 Å². The molecule has 3 nitrogen and oxygen atoms in total. The molecule has 0 aliphatic rings. The molecule has 0 saturated carbocycles. The summed E-state index contributed by atoms with van der Waals surface area (Å²) < 4.78 is 5.79. The van der Waals surface area contributed by atoms with Gasteiger partial charge in [0.1, 0.15) is 5.75 Å². The van der Waals surface area contributed by atoms with E-state index in [0.29, 0.717) is 12.5 Å². The zero-order chi connectivity index (χ0) is 13.7. The molecule has 0 heterocycles. The average molecular weight is 249 g/mol. The number of hydrogen-bond donors (Lipinski definition) is 1. The Morgan fingerprint density at radius 1 is 1.33 bits per heavy atom. The Morgan fingerprint density at radius 3 is 2.56 bits per heavy atom. The molecule has 18 heavy (non-hydrogen) atoms. The molecule has 1 aromatic rings. The minimum atomic E-state index is -0.468. The first kappa shape index (κ1) is 14.6. The quantitative estimate of drug-likeness (QED) is 0.871. The van der Waals surface area contributed by atoms with Gasteiger partial charge in [-0.2, -0.15) is 0 Å². The second kappa shape index (κ2) is 6.43. The molecule has 0 unspecified atom stereocenters. The van der Waals surface area contributed by atoms with E-state index in [1.807, 2.05) is 19.9 Å². The summed E-state index contributed by atoms with van der Waals surface area (Å²) in [5.74, 6) is 1.11. The number of carbonyl (C=O) groups is 1. The van der Waals surface area contributed by atoms with E-state index in [0.717, 1.165) is 16.9 Å². The van der Waals surface area contributed by atoms with Gasteiger partial charge < -0.3 is 10.1 Å². The minimum absolute atomic E-state index is 0.0753. The first-order valence-corrected chi connectivity index (χ1v) is 6.50. The number of likely N-dealkylation sites (N-methyl/N-ethyl adjacent to an activating group) is 1. The van der Waals surface area contributed by atoms with Gasteiger partial charge in [-0.3, -0.25) is 4.79 Å². The molecule has 1 aromatic carbocycles. The Kier molecular flexibility index (Phi) is 5.20. The van der Waals surface area contributed by atoms with Crippen molar-refractivity contribution < 1.29 is 9.53 Å². The fourth-order valence-corrected chi connectivity index (χ4v) is 1.78. The fourth-order valence-electron chi connectivity index (χ4n) is 1.78. The number of ether oxygens (including phenoxy) is 1. The molecular formula is C15H23NO2. The SMILES string of the molecule is CCNC(=O)[C@@H](C)Oc1cc(C)ccc1C(C)C. The van der Waals surface area contributed by atoms with Crippen molar-refractivity contribution in [1.82, 2.24) is 5.32 Å². The van der Waals surface area contributed by atoms with Crippen LogP contribution >= 0.6 is 0 Å². The van der Waals surface area contributed by atoms with Crippen LogP contribution in [0.15, 0.2) is 18.2 Å². The van der Waals surface area contributed by atoms with Crippen molar-refractivity contribution in [3.8, 4) is 5.75 Å². The summed E-state index contributed by atoms with van der Waals surface area (Å²) >= 11 is 0. The lowest BCUT2D eigenvalue weighted by atomic mass is 10.0. The van der Waals surface area contributed by atoms with Crippen LogP contribution < -0.4 is 10.1 Å². The molecule has 0 radical (unpaired) electrons. The Balaban J connectivity index is 2.88. The van der Waals surface area contributed by atoms with Crippen molar-refractivity contribution in [2.24, 2.45) is 0 Å². The number of nitrogens with one attached hydrogen (secondary N) is 1. The van der Waals surface area contributed by atoms with E-state index in [-0.39, 0.29) is 5.91 Å². The lowest BCUT2D eigenvalue weighted by Gasteiger charge is -2.19. The Morgan fingerprint density at radius 2 is 2.00 bits per heavy atom. The minimum Gasteiger partial charge on any atom is -0.481 e. The molecule has 0 bridgehead atoms. The van der Waals surface area contributed by atoms with Crippen molar-refractivity contribution in [1.29, 1.82) is 0 Å². The van der Waals surface area contributed by atoms with Gasteiger partial charge >= 0.3 is 0 Å². The van der Waals surface area contributed by atoms with Crippen LogP contribution in [0.1, 0.15) is 44.7 Å². The van der Waals surface area contributed by atoms with Gasteiger partial charge in [-0.25, -0.2) is 0 Å². The fraction of sp³-hybridized carbons (Fsp3) is 0.533. The summed E-state index contributed by atoms with van der Waals surface area (Å²) in [4.78, 5) is 11.7. The molecular weight excluding hydrogens is 226 g/mol. The standard InChI is InChI=1S/C15H23NO2/c1-6-16-15(17)12(5)18-14-9-11(4)7-8-13(14)10(2)3/h7-10,12H,6H2,1-5H3,(H,16,17)/t12-/m1/s1. The topological polar surface area (TPSA) is 38.3 Å². The van der Waals surface area contributed by atoms with Gasteiger partial charge in [0.25, 0.3) is 5.91 Å². The average Bonchev–Trinajstić information content (AvgIpc) is 2.28. The number of aryl methyl sites for hydroxylation is 1. The monoisotopic (exact) mass is 249 g/mol. The smallest absolute Gasteiger partial charge is 0.260 e. The summed E-state index contributed by atoms with van der Waals surface area (Å²) in [6.45, 7) is 10.6. The van der Waals surface area contributed by atoms with E-state index in [1.54, 1.807) is 6.92 Å². The number of hydrogen-bond acceptors (Lipinski definition) is 2. The van der Waals surface area contributed by atoms with Gasteiger partial charge in [0, 0.05) is 6.54 Å². The maximum absolute atomic E-state index is 11.7. The molecule has 1 amide bonds. The molecule has 0 spiro atoms. The number of carbonyl (C=O) groups excluding carboxylic acids is 1. The van der Waals surface area contributed by atoms with E-state index >= 15 is 0 Å². The summed E-state index contributed by atoms with van der Waals surface area (Å²) in [6.07, 6.45) is -0.468. The summed E-state index contributed by atoms with van der Waals surface area (Å²) in [7, 11) is 0. The second-order valence-electron chi connectivity index (χ2n) is 4.85. The van der Waals surface area contributed by atoms with Gasteiger partial charge in [-0.05, 0) is 43.9 Å². The maximum atomic E-state index is 11.7. The normalized spacial score (nSPS) is 12.3. The molecule has 1 atom stereocenters. The van der Waals surface area contributed by atoms with Gasteiger partial charge in [-0.1, -0.05) is 26.0 Å². The molecule has 1 rings (SSSR count). The molecule has 3 heteroatoms. The summed E-state index contributed by atoms with van der Waals surface area (Å²) in [6, 6.07) is 6.13. The predicted molar refractivity (Wildman–Crippen MR) is 74.0 cm³/mol. The van der Waals surface area contributed by atoms with Crippen LogP contribution in [0.5, 0.6) is 5.75 Å². The van der Waals surface area contributed by atoms with Crippen LogP contribution in [0.2, 0.25) is 0 Å². The van der Waals surface area contributed by atoms with E-state index in [9.17, 15) is 4.79 Å². The predicted octanol–water partition coefficient (Wildman–Crippen LogP) is 3.02. The molecule has 100 valence electrons. The van der Waals surface area contributed by atoms with Crippen molar-refractivity contribution in [3.05, 3.63) is 29.3 Å². The van der Waals surface area contributed by atoms with Crippen molar-refractivity contribution in [3.63, 3.8) is 0 Å². The zero-order valence-electron chi connectivity index (χ0n) is 11.9. The highest BCUT2D eigenvalue weighted by atomic mass is 16.5. The van der Waals surface area contributed by atoms with Crippen LogP contribution in [0.3, 0.4) is 0 Å². The van der Waals surface area contributed by atoms with Gasteiger partial charge in [0.05, 0.1) is 0 Å². The number of amides is 1. The molecule has 0 fully saturated rings. The largest absolute Gasteiger partial charge is 0.481 e. The van der Waals surface area contributed by atoms with Gasteiger partial charge in [0.15, 0.2) is 6.10 Å². The van der Waals surface area contributed by atoms with Gasteiger partial charge in [0.2, 0.25) is 0 Å². The first-order valence-electron chi connectivity index (χ1n) is 6.50. The summed E-state index contributed by atoms with van der Waals surface area (Å²) in [5.41, 5.74) is 2.27. The number of benzene rings is 1. The Bertz CT molecular complexity index is 413. The van der Waals surface area contributed by atoms with Crippen LogP contribution in [-0.4, -0.2) is 18.6 Å². The highest BCUT2D eigenvalue weighted by molar-refractivity contribution is 5.80. The third-order valence-electron chi connectivity index (χ3n) is 2.82. The molecule has 0 aliphatic carbocycles. The van der Waals surface area contributed by atoms with Crippen molar-refractivity contribution in [2.45, 2.75) is 46.6 Å². The molecule has 1 N–H and O–H groups in total. The van der Waals surface area contributed by atoms with E-state index < -0.39 is 6.10 Å². The Hall–Kier alpha value is -1.51. The van der Waals surface area contributed by atoms with Crippen molar-refractivity contribution >= 4 is 5.91 Å². The van der Waals surface area contributed by atoms with E-state index in [1.165, 1.54) is 0 Å². The van der Waals surface area contributed by atoms with Crippen LogP contribution in [-0.2, 0) is 4.79 Å². The second-order valence-corrected chi connectivity index (χ2v) is 4.85. The lowest BCUT2D eigenvalue weighted by Crippen LogP contribution is -2.36. The lowest BCUT2D eigenvalue weighted by molar-refractivity contribution is -0.127. The molecule has 0 aliphatic heterocycles. The van der Waals surface area contributed by atoms with E-state index in [4.69, 9.17) is 4.74 Å². The van der Waals surface area contributed by atoms with E-state index in [2.05, 4.69) is 31.3 Å². The van der Waals surface area contributed by atoms with Gasteiger partial charge in [-0.15, -0.1) is 0 Å². The van der Waals surface area contributed by atoms with Crippen LogP contribution in [0.4, 0.5) is 0 Å². The van der Waals surface area contributed by atoms with Crippen LogP contribution in [0.25, 0.3) is 0 Å². The third kappa shape index (κ3) is 3.76. The Labute approximate surface area is 110 Å². The zero-order valence-corrected chi connectivity index (χ0v) is 11.9. The first-order chi connectivity index (χ1) is 8.45. The summed E-state index contributed by atoms with van der Waals surface area (Å²) in [5, 5.41) is 2.76. The van der Waals surface area contributed by atoms with Crippen LogP contribution in [0, 0.1) is 6.92 Å². The molecule has 0 aromatic heterocycles. The highest BCUT2D eigenvalue weighted by Gasteiger charge is 2.16.